The molecule has 1 heterocycles. The van der Waals surface area contributed by atoms with Crippen molar-refractivity contribution in [2.24, 2.45) is 5.92 Å². The Morgan fingerprint density at radius 1 is 1.42 bits per heavy atom. The van der Waals surface area contributed by atoms with Crippen molar-refractivity contribution in [3.8, 4) is 0 Å². The number of rotatable bonds is 3. The highest BCUT2D eigenvalue weighted by atomic mass is 16.3. The summed E-state index contributed by atoms with van der Waals surface area (Å²) in [6.07, 6.45) is 3.31. The van der Waals surface area contributed by atoms with Gasteiger partial charge in [0, 0.05) is 13.1 Å². The first-order chi connectivity index (χ1) is 5.77. The van der Waals surface area contributed by atoms with Gasteiger partial charge in [-0.3, -0.25) is 0 Å². The molecule has 2 atom stereocenters. The van der Waals surface area contributed by atoms with Crippen molar-refractivity contribution < 1.29 is 5.11 Å². The average molecular weight is 171 g/mol. The molecule has 72 valence electrons. The molecule has 0 radical (unpaired) electrons. The molecule has 0 amide bonds. The fourth-order valence-electron chi connectivity index (χ4n) is 2.04. The average Bonchev–Trinajstić information content (AvgIpc) is 2.09. The third-order valence-corrected chi connectivity index (χ3v) is 2.88. The fourth-order valence-corrected chi connectivity index (χ4v) is 2.04. The van der Waals surface area contributed by atoms with Crippen LogP contribution in [-0.2, 0) is 0 Å². The molecule has 1 aliphatic rings. The minimum absolute atomic E-state index is 0.0345. The van der Waals surface area contributed by atoms with Crippen LogP contribution in [0.15, 0.2) is 0 Å². The van der Waals surface area contributed by atoms with E-state index in [-0.39, 0.29) is 6.10 Å². The van der Waals surface area contributed by atoms with Gasteiger partial charge in [-0.2, -0.15) is 0 Å². The normalized spacial score (nSPS) is 32.2. The molecule has 0 aromatic carbocycles. The Kier molecular flexibility index (Phi) is 4.02. The summed E-state index contributed by atoms with van der Waals surface area (Å²) < 4.78 is 0. The number of aliphatic hydroxyl groups is 1. The lowest BCUT2D eigenvalue weighted by Gasteiger charge is -2.35. The Morgan fingerprint density at radius 2 is 2.17 bits per heavy atom. The van der Waals surface area contributed by atoms with E-state index in [0.29, 0.717) is 5.92 Å². The van der Waals surface area contributed by atoms with Crippen molar-refractivity contribution in [3.05, 3.63) is 0 Å². The highest BCUT2D eigenvalue weighted by Gasteiger charge is 2.25. The molecular weight excluding hydrogens is 150 g/mol. The standard InChI is InChI=1S/C10H21NO/c1-3-5-9-8-11(4-2)7-6-10(9)12/h9-10,12H,3-8H2,1-2H3/t9-,10+/m1/s1. The lowest BCUT2D eigenvalue weighted by atomic mass is 9.91. The third kappa shape index (κ3) is 2.46. The Balaban J connectivity index is 2.36. The second-order valence-corrected chi connectivity index (χ2v) is 3.80. The molecule has 0 aromatic heterocycles. The SMILES string of the molecule is CCC[C@@H]1CN(CC)CC[C@@H]1O. The van der Waals surface area contributed by atoms with Crippen molar-refractivity contribution in [2.45, 2.75) is 39.2 Å². The highest BCUT2D eigenvalue weighted by Crippen LogP contribution is 2.20. The summed E-state index contributed by atoms with van der Waals surface area (Å²) in [7, 11) is 0. The lowest BCUT2D eigenvalue weighted by molar-refractivity contribution is 0.0247. The van der Waals surface area contributed by atoms with E-state index in [4.69, 9.17) is 0 Å². The van der Waals surface area contributed by atoms with Crippen LogP contribution in [-0.4, -0.2) is 35.7 Å². The Morgan fingerprint density at radius 3 is 2.75 bits per heavy atom. The van der Waals surface area contributed by atoms with Gasteiger partial charge in [-0.1, -0.05) is 20.3 Å². The largest absolute Gasteiger partial charge is 0.393 e. The smallest absolute Gasteiger partial charge is 0.0592 e. The van der Waals surface area contributed by atoms with Crippen molar-refractivity contribution in [1.82, 2.24) is 4.90 Å². The summed E-state index contributed by atoms with van der Waals surface area (Å²) in [4.78, 5) is 2.44. The Labute approximate surface area is 75.6 Å². The number of hydrogen-bond acceptors (Lipinski definition) is 2. The molecule has 0 aromatic rings. The van der Waals surface area contributed by atoms with Gasteiger partial charge in [0.15, 0.2) is 0 Å². The van der Waals surface area contributed by atoms with E-state index in [1.807, 2.05) is 0 Å². The first-order valence-electron chi connectivity index (χ1n) is 5.18. The zero-order valence-electron chi connectivity index (χ0n) is 8.29. The van der Waals surface area contributed by atoms with Gasteiger partial charge in [0.25, 0.3) is 0 Å². The topological polar surface area (TPSA) is 23.5 Å². The number of nitrogens with zero attached hydrogens (tertiary/aromatic N) is 1. The maximum Gasteiger partial charge on any atom is 0.0592 e. The molecule has 1 fully saturated rings. The second kappa shape index (κ2) is 4.83. The van der Waals surface area contributed by atoms with Crippen LogP contribution in [0.3, 0.4) is 0 Å². The predicted molar refractivity (Wildman–Crippen MR) is 51.1 cm³/mol. The van der Waals surface area contributed by atoms with Gasteiger partial charge >= 0.3 is 0 Å². The second-order valence-electron chi connectivity index (χ2n) is 3.80. The molecule has 1 rings (SSSR count). The Hall–Kier alpha value is -0.0800. The molecule has 0 aliphatic carbocycles. The molecule has 1 saturated heterocycles. The first-order valence-corrected chi connectivity index (χ1v) is 5.18. The molecule has 0 unspecified atom stereocenters. The van der Waals surface area contributed by atoms with Crippen LogP contribution in [0.5, 0.6) is 0 Å². The minimum atomic E-state index is -0.0345. The van der Waals surface area contributed by atoms with E-state index >= 15 is 0 Å². The maximum absolute atomic E-state index is 9.69. The summed E-state index contributed by atoms with van der Waals surface area (Å²) in [6, 6.07) is 0. The van der Waals surface area contributed by atoms with Gasteiger partial charge in [-0.15, -0.1) is 0 Å². The molecule has 12 heavy (non-hydrogen) atoms. The van der Waals surface area contributed by atoms with Gasteiger partial charge in [0.05, 0.1) is 6.10 Å². The number of aliphatic hydroxyl groups excluding tert-OH is 1. The number of likely N-dealkylation sites (tertiary alicyclic amines) is 1. The summed E-state index contributed by atoms with van der Waals surface area (Å²) >= 11 is 0. The molecule has 0 spiro atoms. The molecule has 2 nitrogen and oxygen atoms in total. The van der Waals surface area contributed by atoms with E-state index in [9.17, 15) is 5.11 Å². The fraction of sp³-hybridized carbons (Fsp3) is 1.00. The number of hydrogen-bond donors (Lipinski definition) is 1. The van der Waals surface area contributed by atoms with E-state index in [0.717, 1.165) is 26.1 Å². The molecule has 1 N–H and O–H groups in total. The first kappa shape index (κ1) is 10.0. The third-order valence-electron chi connectivity index (χ3n) is 2.88. The van der Waals surface area contributed by atoms with Crippen LogP contribution in [0.4, 0.5) is 0 Å². The summed E-state index contributed by atoms with van der Waals surface area (Å²) in [5.41, 5.74) is 0. The van der Waals surface area contributed by atoms with Gasteiger partial charge in [0.2, 0.25) is 0 Å². The summed E-state index contributed by atoms with van der Waals surface area (Å²) in [5, 5.41) is 9.69. The van der Waals surface area contributed by atoms with Crippen LogP contribution < -0.4 is 0 Å². The molecule has 0 bridgehead atoms. The monoisotopic (exact) mass is 171 g/mol. The number of piperidine rings is 1. The molecule has 1 aliphatic heterocycles. The van der Waals surface area contributed by atoms with Crippen molar-refractivity contribution in [3.63, 3.8) is 0 Å². The minimum Gasteiger partial charge on any atom is -0.393 e. The zero-order chi connectivity index (χ0) is 8.97. The maximum atomic E-state index is 9.69. The van der Waals surface area contributed by atoms with Crippen molar-refractivity contribution in [2.75, 3.05) is 19.6 Å². The van der Waals surface area contributed by atoms with E-state index in [1.165, 1.54) is 12.8 Å². The van der Waals surface area contributed by atoms with Crippen LogP contribution in [0.25, 0.3) is 0 Å². The van der Waals surface area contributed by atoms with Crippen molar-refractivity contribution in [1.29, 1.82) is 0 Å². The van der Waals surface area contributed by atoms with Gasteiger partial charge in [-0.25, -0.2) is 0 Å². The van der Waals surface area contributed by atoms with Crippen LogP contribution >= 0.6 is 0 Å². The van der Waals surface area contributed by atoms with Crippen LogP contribution in [0.2, 0.25) is 0 Å². The van der Waals surface area contributed by atoms with Crippen molar-refractivity contribution >= 4 is 0 Å². The van der Waals surface area contributed by atoms with E-state index in [2.05, 4.69) is 18.7 Å². The molecular formula is C10H21NO. The summed E-state index contributed by atoms with van der Waals surface area (Å²) in [6.45, 7) is 7.70. The van der Waals surface area contributed by atoms with Crippen LogP contribution in [0, 0.1) is 5.92 Å². The van der Waals surface area contributed by atoms with E-state index < -0.39 is 0 Å². The lowest BCUT2D eigenvalue weighted by Crippen LogP contribution is -2.42. The van der Waals surface area contributed by atoms with Gasteiger partial charge in [-0.05, 0) is 25.3 Å². The van der Waals surface area contributed by atoms with Gasteiger partial charge < -0.3 is 10.0 Å². The predicted octanol–water partition coefficient (Wildman–Crippen LogP) is 1.49. The Bertz CT molecular complexity index is 127. The van der Waals surface area contributed by atoms with Gasteiger partial charge in [0.1, 0.15) is 0 Å². The quantitative estimate of drug-likeness (QED) is 0.695. The zero-order valence-corrected chi connectivity index (χ0v) is 8.29. The summed E-state index contributed by atoms with van der Waals surface area (Å²) in [5.74, 6) is 0.531. The van der Waals surface area contributed by atoms with Crippen LogP contribution in [0.1, 0.15) is 33.1 Å². The molecule has 2 heteroatoms. The highest BCUT2D eigenvalue weighted by molar-refractivity contribution is 4.78. The van der Waals surface area contributed by atoms with E-state index in [1.54, 1.807) is 0 Å². The molecule has 0 saturated carbocycles.